The molecular weight excluding hydrogens is 367 g/mol. The summed E-state index contributed by atoms with van der Waals surface area (Å²) in [5.41, 5.74) is 1.04. The van der Waals surface area contributed by atoms with E-state index in [-0.39, 0.29) is 23.0 Å². The number of benzene rings is 2. The Kier molecular flexibility index (Phi) is 4.96. The van der Waals surface area contributed by atoms with E-state index in [0.29, 0.717) is 6.04 Å². The van der Waals surface area contributed by atoms with Gasteiger partial charge in [-0.15, -0.1) is 0 Å². The van der Waals surface area contributed by atoms with Crippen LogP contribution in [0.2, 0.25) is 5.02 Å². The van der Waals surface area contributed by atoms with Gasteiger partial charge in [-0.2, -0.15) is 0 Å². The number of nitrogens with one attached hydrogen (secondary N) is 2. The molecule has 2 N–H and O–H groups in total. The number of hydrogen-bond donors (Lipinski definition) is 2. The molecule has 0 atom stereocenters. The lowest BCUT2D eigenvalue weighted by Crippen LogP contribution is -2.26. The molecule has 0 saturated heterocycles. The molecule has 0 unspecified atom stereocenters. The van der Waals surface area contributed by atoms with Gasteiger partial charge >= 0.3 is 0 Å². The van der Waals surface area contributed by atoms with Gasteiger partial charge in [0.05, 0.1) is 6.42 Å². The molecule has 132 valence electrons. The first kappa shape index (κ1) is 17.7. The van der Waals surface area contributed by atoms with E-state index in [0.717, 1.165) is 30.5 Å². The number of carbonyl (C=O) groups excluding carboxylic acids is 1. The Labute approximate surface area is 150 Å². The number of halogens is 2. The largest absolute Gasteiger partial charge is 0.353 e. The van der Waals surface area contributed by atoms with E-state index < -0.39 is 20.7 Å². The number of sulfonamides is 1. The number of anilines is 1. The second kappa shape index (κ2) is 7.01. The van der Waals surface area contributed by atoms with Crippen molar-refractivity contribution in [2.75, 3.05) is 4.72 Å². The monoisotopic (exact) mass is 382 g/mol. The van der Waals surface area contributed by atoms with Crippen molar-refractivity contribution >= 4 is 33.2 Å². The number of amides is 1. The van der Waals surface area contributed by atoms with Crippen LogP contribution in [0.25, 0.3) is 0 Å². The summed E-state index contributed by atoms with van der Waals surface area (Å²) in [4.78, 5) is 11.3. The minimum Gasteiger partial charge on any atom is -0.353 e. The Hall–Kier alpha value is -2.12. The maximum atomic E-state index is 13.8. The van der Waals surface area contributed by atoms with Crippen LogP contribution >= 0.6 is 11.6 Å². The Bertz CT molecular complexity index is 897. The molecule has 8 heteroatoms. The van der Waals surface area contributed by atoms with Crippen molar-refractivity contribution < 1.29 is 17.6 Å². The highest BCUT2D eigenvalue weighted by Crippen LogP contribution is 2.22. The lowest BCUT2D eigenvalue weighted by Gasteiger charge is -2.10. The fourth-order valence-corrected chi connectivity index (χ4v) is 3.56. The van der Waals surface area contributed by atoms with Crippen LogP contribution in [-0.4, -0.2) is 20.4 Å². The van der Waals surface area contributed by atoms with Crippen LogP contribution in [0.1, 0.15) is 18.4 Å². The lowest BCUT2D eigenvalue weighted by molar-refractivity contribution is -0.120. The third kappa shape index (κ3) is 4.70. The molecule has 1 aliphatic carbocycles. The molecular formula is C17H16ClFN2O3S. The van der Waals surface area contributed by atoms with Gasteiger partial charge in [-0.25, -0.2) is 12.8 Å². The van der Waals surface area contributed by atoms with E-state index in [9.17, 15) is 17.6 Å². The predicted octanol–water partition coefficient (Wildman–Crippen LogP) is 3.10. The van der Waals surface area contributed by atoms with Crippen molar-refractivity contribution in [2.45, 2.75) is 30.2 Å². The quantitative estimate of drug-likeness (QED) is 0.806. The molecule has 0 radical (unpaired) electrons. The normalized spacial score (nSPS) is 14.2. The minimum atomic E-state index is -4.07. The fourth-order valence-electron chi connectivity index (χ4n) is 2.29. The molecule has 0 heterocycles. The number of hydrogen-bond acceptors (Lipinski definition) is 3. The van der Waals surface area contributed by atoms with Crippen LogP contribution in [-0.2, 0) is 21.2 Å². The molecule has 1 saturated carbocycles. The average molecular weight is 383 g/mol. The highest BCUT2D eigenvalue weighted by atomic mass is 35.5. The van der Waals surface area contributed by atoms with Gasteiger partial charge in [-0.1, -0.05) is 23.7 Å². The SMILES string of the molecule is O=C(Cc1ccc(NS(=O)(=O)c2ccc(Cl)cc2F)cc1)NC1CC1. The van der Waals surface area contributed by atoms with Crippen LogP contribution < -0.4 is 10.0 Å². The maximum absolute atomic E-state index is 13.8. The van der Waals surface area contributed by atoms with Crippen LogP contribution in [0, 0.1) is 5.82 Å². The first-order chi connectivity index (χ1) is 11.8. The van der Waals surface area contributed by atoms with Crippen molar-refractivity contribution in [3.63, 3.8) is 0 Å². The van der Waals surface area contributed by atoms with E-state index in [1.54, 1.807) is 12.1 Å². The molecule has 1 fully saturated rings. The molecule has 0 aliphatic heterocycles. The minimum absolute atomic E-state index is 0.0564. The molecule has 0 aromatic heterocycles. The maximum Gasteiger partial charge on any atom is 0.264 e. The van der Waals surface area contributed by atoms with Crippen molar-refractivity contribution in [1.29, 1.82) is 0 Å². The first-order valence-electron chi connectivity index (χ1n) is 7.70. The highest BCUT2D eigenvalue weighted by Gasteiger charge is 2.23. The van der Waals surface area contributed by atoms with Gasteiger partial charge in [0.25, 0.3) is 10.0 Å². The standard InChI is InChI=1S/C17H16ClFN2O3S/c18-12-3-8-16(15(19)10-12)25(23,24)21-14-4-1-11(2-5-14)9-17(22)20-13-6-7-13/h1-5,8,10,13,21H,6-7,9H2,(H,20,22). The summed E-state index contributed by atoms with van der Waals surface area (Å²) >= 11 is 5.63. The van der Waals surface area contributed by atoms with E-state index in [4.69, 9.17) is 11.6 Å². The fraction of sp³-hybridized carbons (Fsp3) is 0.235. The second-order valence-corrected chi connectivity index (χ2v) is 7.98. The second-order valence-electron chi connectivity index (χ2n) is 5.90. The van der Waals surface area contributed by atoms with Crippen LogP contribution in [0.5, 0.6) is 0 Å². The Morgan fingerprint density at radius 2 is 1.84 bits per heavy atom. The summed E-state index contributed by atoms with van der Waals surface area (Å²) in [6.45, 7) is 0. The third-order valence-corrected chi connectivity index (χ3v) is 5.35. The summed E-state index contributed by atoms with van der Waals surface area (Å²) < 4.78 is 40.7. The van der Waals surface area contributed by atoms with Gasteiger partial charge in [-0.05, 0) is 48.7 Å². The summed E-state index contributed by atoms with van der Waals surface area (Å²) in [5.74, 6) is -0.979. The summed E-state index contributed by atoms with van der Waals surface area (Å²) in [7, 11) is -4.07. The van der Waals surface area contributed by atoms with Gasteiger partial charge in [0.2, 0.25) is 5.91 Å². The summed E-state index contributed by atoms with van der Waals surface area (Å²) in [6, 6.07) is 10.0. The Morgan fingerprint density at radius 1 is 1.16 bits per heavy atom. The lowest BCUT2D eigenvalue weighted by atomic mass is 10.1. The van der Waals surface area contributed by atoms with Crippen LogP contribution in [0.3, 0.4) is 0 Å². The molecule has 1 amide bonds. The number of rotatable bonds is 6. The molecule has 0 bridgehead atoms. The van der Waals surface area contributed by atoms with Crippen LogP contribution in [0.4, 0.5) is 10.1 Å². The van der Waals surface area contributed by atoms with Gasteiger partial charge in [0.1, 0.15) is 10.7 Å². The third-order valence-electron chi connectivity index (χ3n) is 3.70. The zero-order chi connectivity index (χ0) is 18.0. The van der Waals surface area contributed by atoms with Crippen molar-refractivity contribution in [2.24, 2.45) is 0 Å². The molecule has 3 rings (SSSR count). The van der Waals surface area contributed by atoms with Crippen molar-refractivity contribution in [3.8, 4) is 0 Å². The van der Waals surface area contributed by atoms with Gasteiger partial charge < -0.3 is 5.32 Å². The molecule has 2 aromatic carbocycles. The predicted molar refractivity (Wildman–Crippen MR) is 93.5 cm³/mol. The van der Waals surface area contributed by atoms with Gasteiger partial charge in [-0.3, -0.25) is 9.52 Å². The number of carbonyl (C=O) groups is 1. The molecule has 0 spiro atoms. The van der Waals surface area contributed by atoms with E-state index in [1.807, 2.05) is 0 Å². The highest BCUT2D eigenvalue weighted by molar-refractivity contribution is 7.92. The molecule has 2 aromatic rings. The molecule has 5 nitrogen and oxygen atoms in total. The zero-order valence-electron chi connectivity index (χ0n) is 13.1. The topological polar surface area (TPSA) is 75.3 Å². The zero-order valence-corrected chi connectivity index (χ0v) is 14.7. The Morgan fingerprint density at radius 3 is 2.44 bits per heavy atom. The molecule has 1 aliphatic rings. The van der Waals surface area contributed by atoms with Gasteiger partial charge in [0, 0.05) is 16.8 Å². The van der Waals surface area contributed by atoms with E-state index >= 15 is 0 Å². The Balaban J connectivity index is 1.68. The average Bonchev–Trinajstić information content (AvgIpc) is 3.32. The van der Waals surface area contributed by atoms with E-state index in [2.05, 4.69) is 10.0 Å². The van der Waals surface area contributed by atoms with Crippen molar-refractivity contribution in [1.82, 2.24) is 5.32 Å². The van der Waals surface area contributed by atoms with Crippen LogP contribution in [0.15, 0.2) is 47.4 Å². The molecule has 25 heavy (non-hydrogen) atoms. The first-order valence-corrected chi connectivity index (χ1v) is 9.56. The van der Waals surface area contributed by atoms with Crippen molar-refractivity contribution in [3.05, 3.63) is 58.9 Å². The summed E-state index contributed by atoms with van der Waals surface area (Å²) in [5, 5.41) is 3.00. The van der Waals surface area contributed by atoms with E-state index in [1.165, 1.54) is 18.2 Å². The summed E-state index contributed by atoms with van der Waals surface area (Å²) in [6.07, 6.45) is 2.27. The van der Waals surface area contributed by atoms with Gasteiger partial charge in [0.15, 0.2) is 0 Å². The smallest absolute Gasteiger partial charge is 0.264 e.